The highest BCUT2D eigenvalue weighted by molar-refractivity contribution is 6.31. The normalized spacial score (nSPS) is 22.1. The van der Waals surface area contributed by atoms with E-state index < -0.39 is 42.3 Å². The van der Waals surface area contributed by atoms with E-state index in [0.717, 1.165) is 18.5 Å². The molecule has 0 saturated carbocycles. The molecule has 3 heterocycles. The van der Waals surface area contributed by atoms with E-state index >= 15 is 8.78 Å². The molecule has 1 atom stereocenters. The fraction of sp³-hybridized carbons (Fsp3) is 0.391. The Hall–Kier alpha value is -2.89. The van der Waals surface area contributed by atoms with Gasteiger partial charge in [0.05, 0.1) is 48.2 Å². The van der Waals surface area contributed by atoms with Crippen LogP contribution in [0, 0.1) is 11.6 Å². The van der Waals surface area contributed by atoms with E-state index in [9.17, 15) is 8.78 Å². The Kier molecular flexibility index (Phi) is 5.39. The average molecular weight is 516 g/mol. The minimum absolute atomic E-state index is 0.00780. The lowest BCUT2D eigenvalue weighted by molar-refractivity contribution is -0.170. The van der Waals surface area contributed by atoms with Gasteiger partial charge in [-0.1, -0.05) is 11.6 Å². The maximum atomic E-state index is 15.1. The first-order chi connectivity index (χ1) is 17.9. The van der Waals surface area contributed by atoms with E-state index in [2.05, 4.69) is 15.3 Å². The standard InChI is InChI=1S/C23H21ClF4N4O3/c1-33-17-7-16-13(22(30-11-29-16)31-15-3-2-14(25)20(24)21(15)26)6-18(17)35-19-4-5-32(10-23(19,27)28)12-8-34-9-12/h2-3,6-7,11-12,19H,4-5,8-10H2,1H3,(H,29,30,31)/t19-/m1/s1/i1D3. The van der Waals surface area contributed by atoms with Gasteiger partial charge in [0.2, 0.25) is 0 Å². The third-order valence-electron chi connectivity index (χ3n) is 6.07. The molecule has 0 spiro atoms. The number of methoxy groups -OCH3 is 1. The fourth-order valence-electron chi connectivity index (χ4n) is 4.08. The number of hydrogen-bond donors (Lipinski definition) is 1. The number of aromatic nitrogens is 2. The van der Waals surface area contributed by atoms with Crippen molar-refractivity contribution in [1.29, 1.82) is 0 Å². The summed E-state index contributed by atoms with van der Waals surface area (Å²) < 4.78 is 96.6. The molecule has 2 aliphatic heterocycles. The zero-order chi connectivity index (χ0) is 27.2. The number of benzene rings is 2. The summed E-state index contributed by atoms with van der Waals surface area (Å²) in [6, 6.07) is 4.43. The number of halogens is 5. The Morgan fingerprint density at radius 2 is 2.06 bits per heavy atom. The summed E-state index contributed by atoms with van der Waals surface area (Å²) in [7, 11) is -2.91. The molecule has 1 N–H and O–H groups in total. The van der Waals surface area contributed by atoms with Gasteiger partial charge in [-0.05, 0) is 18.2 Å². The van der Waals surface area contributed by atoms with Gasteiger partial charge in [0, 0.05) is 24.4 Å². The first-order valence-electron chi connectivity index (χ1n) is 12.2. The van der Waals surface area contributed by atoms with Crippen molar-refractivity contribution in [3.63, 3.8) is 0 Å². The topological polar surface area (TPSA) is 68.7 Å². The van der Waals surface area contributed by atoms with E-state index in [4.69, 9.17) is 29.9 Å². The number of hydrogen-bond acceptors (Lipinski definition) is 7. The quantitative estimate of drug-likeness (QED) is 0.373. The highest BCUT2D eigenvalue weighted by atomic mass is 35.5. The minimum Gasteiger partial charge on any atom is -0.493 e. The second-order valence-electron chi connectivity index (χ2n) is 8.31. The molecular formula is C23H21ClF4N4O3. The summed E-state index contributed by atoms with van der Waals surface area (Å²) in [6.45, 7) is 0.560. The van der Waals surface area contributed by atoms with E-state index in [1.807, 2.05) is 0 Å². The van der Waals surface area contributed by atoms with Gasteiger partial charge < -0.3 is 19.5 Å². The summed E-state index contributed by atoms with van der Waals surface area (Å²) in [5, 5.41) is 2.12. The van der Waals surface area contributed by atoms with Gasteiger partial charge in [-0.2, -0.15) is 0 Å². The van der Waals surface area contributed by atoms with Crippen molar-refractivity contribution in [2.24, 2.45) is 0 Å². The minimum atomic E-state index is -3.26. The number of fused-ring (bicyclic) bond motifs is 1. The number of nitrogens with one attached hydrogen (secondary N) is 1. The summed E-state index contributed by atoms with van der Waals surface area (Å²) in [5.74, 6) is -5.89. The van der Waals surface area contributed by atoms with Crippen LogP contribution in [-0.2, 0) is 4.74 Å². The van der Waals surface area contributed by atoms with Gasteiger partial charge in [-0.15, -0.1) is 0 Å². The summed E-state index contributed by atoms with van der Waals surface area (Å²) >= 11 is 5.66. The van der Waals surface area contributed by atoms with Crippen molar-refractivity contribution in [2.45, 2.75) is 24.5 Å². The lowest BCUT2D eigenvalue weighted by atomic mass is 10.0. The van der Waals surface area contributed by atoms with E-state index in [1.165, 1.54) is 12.1 Å². The number of nitrogens with zero attached hydrogens (tertiary/aromatic N) is 3. The number of anilines is 2. The van der Waals surface area contributed by atoms with Crippen LogP contribution in [0.1, 0.15) is 10.5 Å². The van der Waals surface area contributed by atoms with Crippen LogP contribution in [0.5, 0.6) is 11.5 Å². The maximum absolute atomic E-state index is 15.1. The van der Waals surface area contributed by atoms with E-state index in [0.29, 0.717) is 19.8 Å². The van der Waals surface area contributed by atoms with Crippen LogP contribution in [0.25, 0.3) is 10.9 Å². The molecule has 2 fully saturated rings. The monoisotopic (exact) mass is 515 g/mol. The molecule has 0 bridgehead atoms. The van der Waals surface area contributed by atoms with Crippen LogP contribution < -0.4 is 14.8 Å². The summed E-state index contributed by atoms with van der Waals surface area (Å²) in [5.41, 5.74) is -0.0603. The van der Waals surface area contributed by atoms with Gasteiger partial charge in [-0.25, -0.2) is 27.5 Å². The van der Waals surface area contributed by atoms with E-state index in [-0.39, 0.29) is 46.4 Å². The number of rotatable bonds is 6. The zero-order valence-corrected chi connectivity index (χ0v) is 18.8. The number of piperidine rings is 1. The Morgan fingerprint density at radius 3 is 2.77 bits per heavy atom. The first-order valence-corrected chi connectivity index (χ1v) is 11.0. The van der Waals surface area contributed by atoms with Crippen molar-refractivity contribution < 1.29 is 35.9 Å². The lowest BCUT2D eigenvalue weighted by Crippen LogP contribution is -2.60. The maximum Gasteiger partial charge on any atom is 0.296 e. The molecule has 0 amide bonds. The molecule has 2 aliphatic rings. The van der Waals surface area contributed by atoms with Crippen LogP contribution >= 0.6 is 11.6 Å². The Bertz CT molecular complexity index is 1360. The predicted molar refractivity (Wildman–Crippen MR) is 121 cm³/mol. The number of alkyl halides is 2. The van der Waals surface area contributed by atoms with Crippen LogP contribution in [0.4, 0.5) is 29.1 Å². The summed E-state index contributed by atoms with van der Waals surface area (Å²) in [6.07, 6.45) is -0.503. The molecule has 2 saturated heterocycles. The third kappa shape index (κ3) is 4.55. The SMILES string of the molecule is [2H]C([2H])([2H])Oc1cc2ncnc(Nc3ccc(F)c(Cl)c3F)c2cc1O[C@@H]1CCN(C2COC2)CC1(F)F. The fourth-order valence-corrected chi connectivity index (χ4v) is 4.24. The molecular weight excluding hydrogens is 492 g/mol. The Balaban J connectivity index is 1.50. The third-order valence-corrected chi connectivity index (χ3v) is 6.42. The lowest BCUT2D eigenvalue weighted by Gasteiger charge is -2.44. The smallest absolute Gasteiger partial charge is 0.296 e. The molecule has 12 heteroatoms. The zero-order valence-electron chi connectivity index (χ0n) is 21.0. The van der Waals surface area contributed by atoms with Crippen molar-refractivity contribution in [3.05, 3.63) is 47.2 Å². The second kappa shape index (κ2) is 9.29. The van der Waals surface area contributed by atoms with Crippen molar-refractivity contribution in [2.75, 3.05) is 38.7 Å². The van der Waals surface area contributed by atoms with Gasteiger partial charge >= 0.3 is 0 Å². The van der Waals surface area contributed by atoms with Crippen LogP contribution in [0.15, 0.2) is 30.6 Å². The molecule has 3 aromatic rings. The van der Waals surface area contributed by atoms with Crippen LogP contribution in [-0.4, -0.2) is 66.3 Å². The van der Waals surface area contributed by atoms with Gasteiger partial charge in [-0.3, -0.25) is 4.90 Å². The summed E-state index contributed by atoms with van der Waals surface area (Å²) in [4.78, 5) is 9.78. The Labute approximate surface area is 207 Å². The molecule has 7 nitrogen and oxygen atoms in total. The molecule has 1 aromatic heterocycles. The van der Waals surface area contributed by atoms with Gasteiger partial charge in [0.25, 0.3) is 5.92 Å². The first kappa shape index (κ1) is 20.3. The van der Waals surface area contributed by atoms with Crippen molar-refractivity contribution in [3.8, 4) is 11.5 Å². The second-order valence-corrected chi connectivity index (χ2v) is 8.68. The molecule has 0 aliphatic carbocycles. The number of likely N-dealkylation sites (tertiary alicyclic amines) is 1. The van der Waals surface area contributed by atoms with Gasteiger partial charge in [0.1, 0.15) is 23.0 Å². The van der Waals surface area contributed by atoms with Crippen LogP contribution in [0.3, 0.4) is 0 Å². The average Bonchev–Trinajstić information content (AvgIpc) is 2.79. The van der Waals surface area contributed by atoms with Crippen LogP contribution in [0.2, 0.25) is 5.02 Å². The molecule has 0 unspecified atom stereocenters. The highest BCUT2D eigenvalue weighted by Crippen LogP contribution is 2.39. The molecule has 0 radical (unpaired) electrons. The van der Waals surface area contributed by atoms with E-state index in [1.54, 1.807) is 4.90 Å². The molecule has 2 aromatic carbocycles. The Morgan fingerprint density at radius 1 is 1.23 bits per heavy atom. The molecule has 186 valence electrons. The van der Waals surface area contributed by atoms with Crippen molar-refractivity contribution >= 4 is 34.0 Å². The molecule has 5 rings (SSSR count). The largest absolute Gasteiger partial charge is 0.493 e. The highest BCUT2D eigenvalue weighted by Gasteiger charge is 2.48. The van der Waals surface area contributed by atoms with Crippen molar-refractivity contribution in [1.82, 2.24) is 14.9 Å². The molecule has 35 heavy (non-hydrogen) atoms. The predicted octanol–water partition coefficient (Wildman–Crippen LogP) is 4.80. The number of ether oxygens (including phenoxy) is 3. The van der Waals surface area contributed by atoms with Gasteiger partial charge in [0.15, 0.2) is 23.4 Å².